The van der Waals surface area contributed by atoms with Crippen LogP contribution in [0.5, 0.6) is 5.75 Å². The molecular weight excluding hydrogens is 386 g/mol. The highest BCUT2D eigenvalue weighted by Gasteiger charge is 2.25. The predicted octanol–water partition coefficient (Wildman–Crippen LogP) is 4.16. The van der Waals surface area contributed by atoms with Gasteiger partial charge in [-0.1, -0.05) is 48.9 Å². The lowest BCUT2D eigenvalue weighted by Gasteiger charge is -2.25. The van der Waals surface area contributed by atoms with Crippen LogP contribution in [0.3, 0.4) is 0 Å². The maximum atomic E-state index is 12.7. The summed E-state index contributed by atoms with van der Waals surface area (Å²) in [6.45, 7) is 1.14. The number of hydrogen-bond acceptors (Lipinski definition) is 4. The lowest BCUT2D eigenvalue weighted by atomic mass is 10.1. The van der Waals surface area contributed by atoms with Crippen molar-refractivity contribution in [1.82, 2.24) is 4.31 Å². The number of nitrogens with zero attached hydrogens (tertiary/aromatic N) is 1. The SMILES string of the molecule is O=C(Cc1ccc(S(=O)(=O)N2CCCCC2)cc1)Oc1ccc2ccccc2c1. The van der Waals surface area contributed by atoms with Crippen LogP contribution < -0.4 is 4.74 Å². The highest BCUT2D eigenvalue weighted by atomic mass is 32.2. The van der Waals surface area contributed by atoms with Gasteiger partial charge in [-0.2, -0.15) is 4.31 Å². The smallest absolute Gasteiger partial charge is 0.315 e. The van der Waals surface area contributed by atoms with E-state index in [0.717, 1.165) is 30.0 Å². The number of esters is 1. The maximum Gasteiger partial charge on any atom is 0.315 e. The van der Waals surface area contributed by atoms with Gasteiger partial charge in [-0.25, -0.2) is 8.42 Å². The zero-order chi connectivity index (χ0) is 20.3. The van der Waals surface area contributed by atoms with Gasteiger partial charge in [0.2, 0.25) is 10.0 Å². The Labute approximate surface area is 171 Å². The molecule has 150 valence electrons. The largest absolute Gasteiger partial charge is 0.426 e. The van der Waals surface area contributed by atoms with Crippen LogP contribution in [0.15, 0.2) is 71.6 Å². The molecule has 29 heavy (non-hydrogen) atoms. The van der Waals surface area contributed by atoms with E-state index in [4.69, 9.17) is 4.74 Å². The molecule has 1 fully saturated rings. The van der Waals surface area contributed by atoms with Gasteiger partial charge >= 0.3 is 5.97 Å². The summed E-state index contributed by atoms with van der Waals surface area (Å²) in [6.07, 6.45) is 2.96. The first-order valence-electron chi connectivity index (χ1n) is 9.81. The Kier molecular flexibility index (Phi) is 5.65. The average Bonchev–Trinajstić information content (AvgIpc) is 2.74. The summed E-state index contributed by atoms with van der Waals surface area (Å²) in [7, 11) is -3.46. The molecule has 0 bridgehead atoms. The van der Waals surface area contributed by atoms with Crippen LogP contribution in [0.4, 0.5) is 0 Å². The molecular formula is C23H23NO4S. The Morgan fingerprint density at radius 2 is 1.55 bits per heavy atom. The van der Waals surface area contributed by atoms with E-state index in [1.165, 1.54) is 0 Å². The second-order valence-electron chi connectivity index (χ2n) is 7.27. The van der Waals surface area contributed by atoms with E-state index in [-0.39, 0.29) is 17.3 Å². The molecule has 5 nitrogen and oxygen atoms in total. The quantitative estimate of drug-likeness (QED) is 0.469. The third kappa shape index (κ3) is 4.49. The highest BCUT2D eigenvalue weighted by Crippen LogP contribution is 2.22. The average molecular weight is 410 g/mol. The van der Waals surface area contributed by atoms with Crippen molar-refractivity contribution in [3.05, 3.63) is 72.3 Å². The van der Waals surface area contributed by atoms with Gasteiger partial charge in [0.05, 0.1) is 11.3 Å². The molecule has 0 N–H and O–H groups in total. The molecule has 0 spiro atoms. The van der Waals surface area contributed by atoms with Crippen LogP contribution >= 0.6 is 0 Å². The summed E-state index contributed by atoms with van der Waals surface area (Å²) in [5.41, 5.74) is 0.716. The summed E-state index contributed by atoms with van der Waals surface area (Å²) >= 11 is 0. The van der Waals surface area contributed by atoms with Crippen molar-refractivity contribution in [1.29, 1.82) is 0 Å². The van der Waals surface area contributed by atoms with Crippen LogP contribution in [0.25, 0.3) is 10.8 Å². The number of carbonyl (C=O) groups is 1. The fourth-order valence-corrected chi connectivity index (χ4v) is 5.12. The number of hydrogen-bond donors (Lipinski definition) is 0. The van der Waals surface area contributed by atoms with Gasteiger partial charge in [-0.3, -0.25) is 4.79 Å². The molecule has 0 radical (unpaired) electrons. The molecule has 0 aliphatic carbocycles. The number of benzene rings is 3. The fourth-order valence-electron chi connectivity index (χ4n) is 3.60. The van der Waals surface area contributed by atoms with Crippen molar-refractivity contribution in [2.45, 2.75) is 30.6 Å². The molecule has 1 aliphatic rings. The lowest BCUT2D eigenvalue weighted by molar-refractivity contribution is -0.133. The predicted molar refractivity (Wildman–Crippen MR) is 112 cm³/mol. The molecule has 1 heterocycles. The fraction of sp³-hybridized carbons (Fsp3) is 0.261. The van der Waals surface area contributed by atoms with Crippen molar-refractivity contribution in [2.24, 2.45) is 0 Å². The molecule has 0 aromatic heterocycles. The van der Waals surface area contributed by atoms with Gasteiger partial charge in [0, 0.05) is 13.1 Å². The third-order valence-corrected chi connectivity index (χ3v) is 7.09. The van der Waals surface area contributed by atoms with E-state index in [1.54, 1.807) is 34.6 Å². The Balaban J connectivity index is 1.41. The zero-order valence-corrected chi connectivity index (χ0v) is 16.9. The van der Waals surface area contributed by atoms with E-state index in [0.29, 0.717) is 24.4 Å². The highest BCUT2D eigenvalue weighted by molar-refractivity contribution is 7.89. The number of piperidine rings is 1. The second kappa shape index (κ2) is 8.35. The van der Waals surface area contributed by atoms with E-state index < -0.39 is 10.0 Å². The third-order valence-electron chi connectivity index (χ3n) is 5.18. The molecule has 0 atom stereocenters. The summed E-state index contributed by atoms with van der Waals surface area (Å²) in [4.78, 5) is 12.6. The van der Waals surface area contributed by atoms with E-state index in [2.05, 4.69) is 0 Å². The molecule has 1 saturated heterocycles. The summed E-state index contributed by atoms with van der Waals surface area (Å²) < 4.78 is 32.4. The summed E-state index contributed by atoms with van der Waals surface area (Å²) in [6, 6.07) is 19.9. The van der Waals surface area contributed by atoms with Crippen molar-refractivity contribution >= 4 is 26.8 Å². The number of rotatable bonds is 5. The summed E-state index contributed by atoms with van der Waals surface area (Å²) in [5.74, 6) is 0.116. The molecule has 0 unspecified atom stereocenters. The number of carbonyl (C=O) groups excluding carboxylic acids is 1. The van der Waals surface area contributed by atoms with Gasteiger partial charge in [-0.15, -0.1) is 0 Å². The molecule has 3 aromatic carbocycles. The molecule has 4 rings (SSSR count). The summed E-state index contributed by atoms with van der Waals surface area (Å²) in [5, 5.41) is 2.09. The van der Waals surface area contributed by atoms with Gasteiger partial charge < -0.3 is 4.74 Å². The number of sulfonamides is 1. The van der Waals surface area contributed by atoms with E-state index in [9.17, 15) is 13.2 Å². The lowest BCUT2D eigenvalue weighted by Crippen LogP contribution is -2.35. The van der Waals surface area contributed by atoms with Crippen LogP contribution in [0.1, 0.15) is 24.8 Å². The number of ether oxygens (including phenoxy) is 1. The molecule has 0 saturated carbocycles. The van der Waals surface area contributed by atoms with Crippen molar-refractivity contribution in [3.8, 4) is 5.75 Å². The normalized spacial score (nSPS) is 15.3. The Morgan fingerprint density at radius 1 is 0.862 bits per heavy atom. The maximum absolute atomic E-state index is 12.7. The minimum absolute atomic E-state index is 0.0802. The Bertz CT molecular complexity index is 1120. The molecule has 1 aliphatic heterocycles. The van der Waals surface area contributed by atoms with Gasteiger partial charge in [-0.05, 0) is 53.4 Å². The topological polar surface area (TPSA) is 63.7 Å². The molecule has 6 heteroatoms. The van der Waals surface area contributed by atoms with Gasteiger partial charge in [0.15, 0.2) is 0 Å². The van der Waals surface area contributed by atoms with E-state index in [1.807, 2.05) is 36.4 Å². The minimum Gasteiger partial charge on any atom is -0.426 e. The van der Waals surface area contributed by atoms with E-state index >= 15 is 0 Å². The Morgan fingerprint density at radius 3 is 2.28 bits per heavy atom. The standard InChI is InChI=1S/C23H23NO4S/c25-23(28-21-11-10-19-6-2-3-7-20(19)17-21)16-18-8-12-22(13-9-18)29(26,27)24-14-4-1-5-15-24/h2-3,6-13,17H,1,4-5,14-16H2. The first kappa shape index (κ1) is 19.6. The van der Waals surface area contributed by atoms with Gasteiger partial charge in [0.1, 0.15) is 5.75 Å². The van der Waals surface area contributed by atoms with Crippen LogP contribution in [0.2, 0.25) is 0 Å². The number of fused-ring (bicyclic) bond motifs is 1. The molecule has 0 amide bonds. The Hall–Kier alpha value is -2.70. The van der Waals surface area contributed by atoms with Crippen LogP contribution in [-0.4, -0.2) is 31.8 Å². The van der Waals surface area contributed by atoms with Crippen molar-refractivity contribution < 1.29 is 17.9 Å². The zero-order valence-electron chi connectivity index (χ0n) is 16.1. The van der Waals surface area contributed by atoms with Crippen molar-refractivity contribution in [2.75, 3.05) is 13.1 Å². The monoisotopic (exact) mass is 409 g/mol. The van der Waals surface area contributed by atoms with Crippen molar-refractivity contribution in [3.63, 3.8) is 0 Å². The van der Waals surface area contributed by atoms with Crippen LogP contribution in [0, 0.1) is 0 Å². The van der Waals surface area contributed by atoms with Crippen LogP contribution in [-0.2, 0) is 21.2 Å². The molecule has 3 aromatic rings. The second-order valence-corrected chi connectivity index (χ2v) is 9.21. The van der Waals surface area contributed by atoms with Gasteiger partial charge in [0.25, 0.3) is 0 Å². The first-order valence-corrected chi connectivity index (χ1v) is 11.2. The minimum atomic E-state index is -3.46. The first-order chi connectivity index (χ1) is 14.0.